The predicted molar refractivity (Wildman–Crippen MR) is 127 cm³/mol. The van der Waals surface area contributed by atoms with Crippen molar-refractivity contribution in [3.63, 3.8) is 0 Å². The fourth-order valence-corrected chi connectivity index (χ4v) is 3.99. The number of halogens is 2. The average molecular weight is 488 g/mol. The number of amides is 2. The van der Waals surface area contributed by atoms with E-state index >= 15 is 0 Å². The van der Waals surface area contributed by atoms with Gasteiger partial charge in [0.25, 0.3) is 11.8 Å². The Kier molecular flexibility index (Phi) is 5.77. The number of hydrogen-bond acceptors (Lipinski definition) is 4. The molecule has 7 nitrogen and oxygen atoms in total. The number of aliphatic carboxylic acids is 1. The average Bonchev–Trinajstić information content (AvgIpc) is 3.16. The lowest BCUT2D eigenvalue weighted by molar-refractivity contribution is -0.140. The molecule has 2 aromatic carbocycles. The SMILES string of the molecule is C[C@H](C(=O)O)n1ccc2cc(/C=C3\C(=O)NC(=S)N(c4ccc(Cl)c(Cl)c4)C3=O)ccc21. The molecule has 32 heavy (non-hydrogen) atoms. The minimum absolute atomic E-state index is 0.0641. The Morgan fingerprint density at radius 3 is 2.56 bits per heavy atom. The van der Waals surface area contributed by atoms with Crippen LogP contribution in [0.2, 0.25) is 10.0 Å². The van der Waals surface area contributed by atoms with Gasteiger partial charge in [-0.25, -0.2) is 4.79 Å². The number of benzene rings is 2. The van der Waals surface area contributed by atoms with Gasteiger partial charge >= 0.3 is 5.97 Å². The molecule has 0 aliphatic carbocycles. The van der Waals surface area contributed by atoms with Gasteiger partial charge in [0.15, 0.2) is 5.11 Å². The molecule has 0 radical (unpaired) electrons. The maximum atomic E-state index is 13.1. The van der Waals surface area contributed by atoms with E-state index in [1.54, 1.807) is 48.0 Å². The number of fused-ring (bicyclic) bond motifs is 1. The molecule has 0 unspecified atom stereocenters. The van der Waals surface area contributed by atoms with E-state index < -0.39 is 23.8 Å². The molecule has 0 saturated carbocycles. The zero-order valence-corrected chi connectivity index (χ0v) is 18.8. The standard InChI is InChI=1S/C22H15Cl2N3O4S/c1-11(21(30)31)26-7-6-13-8-12(2-5-18(13)26)9-15-19(28)25-22(32)27(20(15)29)14-3-4-16(23)17(24)10-14/h2-11H,1H3,(H,30,31)(H,25,28,32)/b15-9+/t11-/m1/s1. The second-order valence-corrected chi connectivity index (χ2v) is 8.31. The van der Waals surface area contributed by atoms with Crippen molar-refractivity contribution in [2.24, 2.45) is 0 Å². The van der Waals surface area contributed by atoms with Crippen molar-refractivity contribution in [1.29, 1.82) is 0 Å². The van der Waals surface area contributed by atoms with Crippen LogP contribution in [0, 0.1) is 0 Å². The lowest BCUT2D eigenvalue weighted by Gasteiger charge is -2.29. The summed E-state index contributed by atoms with van der Waals surface area (Å²) >= 11 is 17.2. The Balaban J connectivity index is 1.72. The van der Waals surface area contributed by atoms with Crippen molar-refractivity contribution in [2.45, 2.75) is 13.0 Å². The highest BCUT2D eigenvalue weighted by Crippen LogP contribution is 2.30. The Morgan fingerprint density at radius 2 is 1.88 bits per heavy atom. The van der Waals surface area contributed by atoms with Gasteiger partial charge in [0.2, 0.25) is 0 Å². The van der Waals surface area contributed by atoms with Crippen LogP contribution in [0.4, 0.5) is 5.69 Å². The molecule has 1 fully saturated rings. The van der Waals surface area contributed by atoms with Gasteiger partial charge in [-0.15, -0.1) is 0 Å². The minimum atomic E-state index is -0.948. The van der Waals surface area contributed by atoms with E-state index in [9.17, 15) is 19.5 Å². The van der Waals surface area contributed by atoms with Gasteiger partial charge in [-0.05, 0) is 67.2 Å². The van der Waals surface area contributed by atoms with Crippen molar-refractivity contribution >= 4 is 81.0 Å². The van der Waals surface area contributed by atoms with E-state index in [1.807, 2.05) is 0 Å². The molecule has 1 atom stereocenters. The zero-order valence-electron chi connectivity index (χ0n) is 16.5. The van der Waals surface area contributed by atoms with Crippen molar-refractivity contribution in [3.05, 3.63) is 69.8 Å². The molecule has 0 bridgehead atoms. The number of aromatic nitrogens is 1. The van der Waals surface area contributed by atoms with Crippen molar-refractivity contribution in [2.75, 3.05) is 4.90 Å². The Hall–Kier alpha value is -3.20. The maximum Gasteiger partial charge on any atom is 0.326 e. The third kappa shape index (κ3) is 3.88. The lowest BCUT2D eigenvalue weighted by atomic mass is 10.1. The highest BCUT2D eigenvalue weighted by molar-refractivity contribution is 7.80. The van der Waals surface area contributed by atoms with E-state index in [4.69, 9.17) is 35.4 Å². The molecule has 1 aliphatic heterocycles. The molecule has 2 N–H and O–H groups in total. The molecule has 4 rings (SSSR count). The van der Waals surface area contributed by atoms with Crippen molar-refractivity contribution in [1.82, 2.24) is 9.88 Å². The summed E-state index contributed by atoms with van der Waals surface area (Å²) in [6, 6.07) is 10.9. The van der Waals surface area contributed by atoms with E-state index in [1.165, 1.54) is 23.1 Å². The topological polar surface area (TPSA) is 91.6 Å². The number of carboxylic acids is 1. The molecular formula is C22H15Cl2N3O4S. The summed E-state index contributed by atoms with van der Waals surface area (Å²) in [6.07, 6.45) is 3.14. The first kappa shape index (κ1) is 22.0. The quantitative estimate of drug-likeness (QED) is 0.322. The highest BCUT2D eigenvalue weighted by Gasteiger charge is 2.34. The van der Waals surface area contributed by atoms with Crippen molar-refractivity contribution < 1.29 is 19.5 Å². The Bertz CT molecular complexity index is 1350. The van der Waals surface area contributed by atoms with Crippen LogP contribution in [0.25, 0.3) is 17.0 Å². The van der Waals surface area contributed by atoms with Crippen LogP contribution in [0.3, 0.4) is 0 Å². The third-order valence-electron chi connectivity index (χ3n) is 5.09. The molecule has 1 aliphatic rings. The number of nitrogens with zero attached hydrogens (tertiary/aromatic N) is 2. The number of hydrogen-bond donors (Lipinski definition) is 2. The van der Waals surface area contributed by atoms with Gasteiger partial charge in [0.1, 0.15) is 11.6 Å². The van der Waals surface area contributed by atoms with Crippen LogP contribution in [-0.4, -0.2) is 32.6 Å². The molecule has 3 aromatic rings. The molecular weight excluding hydrogens is 473 g/mol. The van der Waals surface area contributed by atoms with Crippen molar-refractivity contribution in [3.8, 4) is 0 Å². The van der Waals surface area contributed by atoms with Crippen LogP contribution in [0.15, 0.2) is 54.2 Å². The number of anilines is 1. The number of thiocarbonyl (C=S) groups is 1. The van der Waals surface area contributed by atoms with Gasteiger partial charge in [-0.2, -0.15) is 0 Å². The first-order valence-electron chi connectivity index (χ1n) is 9.37. The first-order chi connectivity index (χ1) is 15.2. The number of nitrogens with one attached hydrogen (secondary N) is 1. The second-order valence-electron chi connectivity index (χ2n) is 7.11. The summed E-state index contributed by atoms with van der Waals surface area (Å²) in [5.41, 5.74) is 1.58. The van der Waals surface area contributed by atoms with Gasteiger partial charge in [-0.3, -0.25) is 19.8 Å². The fourth-order valence-electron chi connectivity index (χ4n) is 3.41. The van der Waals surface area contributed by atoms with E-state index in [2.05, 4.69) is 5.32 Å². The summed E-state index contributed by atoms with van der Waals surface area (Å²) in [5.74, 6) is -2.17. The van der Waals surface area contributed by atoms with Gasteiger partial charge in [0.05, 0.1) is 15.7 Å². The Labute approximate surface area is 197 Å². The molecule has 0 spiro atoms. The number of carbonyl (C=O) groups is 3. The second kappa shape index (κ2) is 8.38. The zero-order chi connectivity index (χ0) is 23.2. The van der Waals surface area contributed by atoms with E-state index in [0.29, 0.717) is 16.3 Å². The van der Waals surface area contributed by atoms with Crippen LogP contribution < -0.4 is 10.2 Å². The normalized spacial score (nSPS) is 16.5. The summed E-state index contributed by atoms with van der Waals surface area (Å²) in [4.78, 5) is 38.2. The number of carbonyl (C=O) groups excluding carboxylic acids is 2. The fraction of sp³-hybridized carbons (Fsp3) is 0.0909. The van der Waals surface area contributed by atoms with Gasteiger partial charge < -0.3 is 9.67 Å². The molecule has 2 heterocycles. The molecule has 2 amide bonds. The third-order valence-corrected chi connectivity index (χ3v) is 6.12. The first-order valence-corrected chi connectivity index (χ1v) is 10.5. The molecule has 10 heteroatoms. The van der Waals surface area contributed by atoms with Gasteiger partial charge in [0, 0.05) is 17.1 Å². The van der Waals surface area contributed by atoms with Crippen LogP contribution in [-0.2, 0) is 14.4 Å². The summed E-state index contributed by atoms with van der Waals surface area (Å²) in [7, 11) is 0. The monoisotopic (exact) mass is 487 g/mol. The lowest BCUT2D eigenvalue weighted by Crippen LogP contribution is -2.54. The van der Waals surface area contributed by atoms with Crippen LogP contribution in [0.5, 0.6) is 0 Å². The molecule has 1 aromatic heterocycles. The summed E-state index contributed by atoms with van der Waals surface area (Å²) in [6.45, 7) is 1.59. The number of rotatable bonds is 4. The molecule has 1 saturated heterocycles. The van der Waals surface area contributed by atoms with Crippen LogP contribution in [0.1, 0.15) is 18.5 Å². The highest BCUT2D eigenvalue weighted by atomic mass is 35.5. The van der Waals surface area contributed by atoms with Crippen LogP contribution >= 0.6 is 35.4 Å². The largest absolute Gasteiger partial charge is 0.480 e. The number of carboxylic acid groups (broad SMARTS) is 1. The van der Waals surface area contributed by atoms with E-state index in [-0.39, 0.29) is 15.7 Å². The Morgan fingerprint density at radius 1 is 1.12 bits per heavy atom. The smallest absolute Gasteiger partial charge is 0.326 e. The molecule has 162 valence electrons. The predicted octanol–water partition coefficient (Wildman–Crippen LogP) is 4.43. The maximum absolute atomic E-state index is 13.1. The summed E-state index contributed by atoms with van der Waals surface area (Å²) in [5, 5.41) is 13.1. The summed E-state index contributed by atoms with van der Waals surface area (Å²) < 4.78 is 1.64. The van der Waals surface area contributed by atoms with Gasteiger partial charge in [-0.1, -0.05) is 29.3 Å². The minimum Gasteiger partial charge on any atom is -0.480 e. The van der Waals surface area contributed by atoms with E-state index in [0.717, 1.165) is 10.9 Å².